The van der Waals surface area contributed by atoms with Crippen molar-refractivity contribution in [3.8, 4) is 28.0 Å². The number of methoxy groups -OCH3 is 1. The largest absolute Gasteiger partial charge is 0.497 e. The molecular formula is C26H22ClN3O4S. The summed E-state index contributed by atoms with van der Waals surface area (Å²) in [4.78, 5) is 13.2. The Morgan fingerprint density at radius 3 is 2.26 bits per heavy atom. The van der Waals surface area contributed by atoms with E-state index in [4.69, 9.17) is 27.2 Å². The molecule has 0 spiro atoms. The van der Waals surface area contributed by atoms with Gasteiger partial charge in [-0.05, 0) is 71.3 Å². The average Bonchev–Trinajstić information content (AvgIpc) is 2.83. The van der Waals surface area contributed by atoms with Crippen LogP contribution in [-0.4, -0.2) is 21.4 Å². The van der Waals surface area contributed by atoms with Gasteiger partial charge in [-0.3, -0.25) is 4.79 Å². The summed E-state index contributed by atoms with van der Waals surface area (Å²) in [5, 5.41) is 8.59. The Morgan fingerprint density at radius 1 is 0.886 bits per heavy atom. The van der Waals surface area contributed by atoms with Crippen LogP contribution < -0.4 is 20.9 Å². The molecule has 0 saturated heterocycles. The zero-order valence-corrected chi connectivity index (χ0v) is 20.2. The van der Waals surface area contributed by atoms with Crippen LogP contribution in [0.15, 0.2) is 89.8 Å². The number of amides is 1. The minimum Gasteiger partial charge on any atom is -0.497 e. The van der Waals surface area contributed by atoms with E-state index in [0.29, 0.717) is 50.0 Å². The van der Waals surface area contributed by atoms with Gasteiger partial charge in [0.15, 0.2) is 0 Å². The zero-order chi connectivity index (χ0) is 25.2. The predicted octanol–water partition coefficient (Wildman–Crippen LogP) is 5.16. The van der Waals surface area contributed by atoms with Gasteiger partial charge in [0.2, 0.25) is 10.0 Å². The summed E-state index contributed by atoms with van der Waals surface area (Å²) in [6.45, 7) is 0. The lowest BCUT2D eigenvalue weighted by Crippen LogP contribution is -2.12. The highest BCUT2D eigenvalue weighted by molar-refractivity contribution is 7.89. The molecule has 0 aromatic heterocycles. The predicted molar refractivity (Wildman–Crippen MR) is 139 cm³/mol. The average molecular weight is 508 g/mol. The molecule has 178 valence electrons. The van der Waals surface area contributed by atoms with E-state index in [-0.39, 0.29) is 10.8 Å². The summed E-state index contributed by atoms with van der Waals surface area (Å²) in [5.74, 6) is 0.274. The highest BCUT2D eigenvalue weighted by Crippen LogP contribution is 2.33. The minimum absolute atomic E-state index is 0.00431. The second kappa shape index (κ2) is 9.79. The van der Waals surface area contributed by atoms with Gasteiger partial charge in [0.05, 0.1) is 12.0 Å². The first-order valence-corrected chi connectivity index (χ1v) is 12.4. The molecule has 4 aromatic carbocycles. The van der Waals surface area contributed by atoms with E-state index in [1.807, 2.05) is 6.07 Å². The number of rotatable bonds is 6. The number of hydrogen-bond acceptors (Lipinski definition) is 5. The van der Waals surface area contributed by atoms with Crippen molar-refractivity contribution in [2.75, 3.05) is 18.2 Å². The van der Waals surface area contributed by atoms with Gasteiger partial charge in [0.25, 0.3) is 5.91 Å². The molecule has 0 aliphatic rings. The maximum Gasteiger partial charge on any atom is 0.255 e. The van der Waals surface area contributed by atoms with Crippen molar-refractivity contribution in [2.45, 2.75) is 4.90 Å². The molecule has 0 heterocycles. The van der Waals surface area contributed by atoms with E-state index in [2.05, 4.69) is 5.32 Å². The number of halogens is 1. The van der Waals surface area contributed by atoms with Crippen molar-refractivity contribution in [3.05, 3.63) is 95.5 Å². The van der Waals surface area contributed by atoms with Gasteiger partial charge in [0.1, 0.15) is 5.75 Å². The number of primary sulfonamides is 1. The molecule has 4 rings (SSSR count). The first-order chi connectivity index (χ1) is 16.6. The van der Waals surface area contributed by atoms with E-state index in [0.717, 1.165) is 0 Å². The van der Waals surface area contributed by atoms with Gasteiger partial charge >= 0.3 is 0 Å². The van der Waals surface area contributed by atoms with E-state index in [9.17, 15) is 13.2 Å². The number of carbonyl (C=O) groups excluding carboxylic acids is 1. The second-order valence-electron chi connectivity index (χ2n) is 7.79. The highest BCUT2D eigenvalue weighted by Gasteiger charge is 2.14. The fourth-order valence-corrected chi connectivity index (χ4v) is 4.31. The summed E-state index contributed by atoms with van der Waals surface area (Å²) < 4.78 is 28.5. The van der Waals surface area contributed by atoms with Crippen LogP contribution in [0.1, 0.15) is 10.4 Å². The Balaban J connectivity index is 1.80. The smallest absolute Gasteiger partial charge is 0.255 e. The van der Waals surface area contributed by atoms with Crippen molar-refractivity contribution in [1.82, 2.24) is 0 Å². The molecule has 0 fully saturated rings. The first kappa shape index (κ1) is 24.3. The quantitative estimate of drug-likeness (QED) is 0.311. The summed E-state index contributed by atoms with van der Waals surface area (Å²) >= 11 is 6.07. The van der Waals surface area contributed by atoms with Gasteiger partial charge in [-0.2, -0.15) is 0 Å². The zero-order valence-electron chi connectivity index (χ0n) is 18.7. The third-order valence-corrected chi connectivity index (χ3v) is 6.53. The number of sulfonamides is 1. The normalized spacial score (nSPS) is 11.2. The molecule has 0 saturated carbocycles. The lowest BCUT2D eigenvalue weighted by molar-refractivity contribution is 0.102. The number of carbonyl (C=O) groups is 1. The number of anilines is 2. The van der Waals surface area contributed by atoms with Crippen LogP contribution in [0.25, 0.3) is 22.3 Å². The molecule has 0 atom stereocenters. The summed E-state index contributed by atoms with van der Waals surface area (Å²) in [6, 6.07) is 23.6. The Hall–Kier alpha value is -3.85. The fourth-order valence-electron chi connectivity index (χ4n) is 3.62. The van der Waals surface area contributed by atoms with E-state index >= 15 is 0 Å². The molecule has 4 aromatic rings. The molecule has 0 unspecified atom stereocenters. The second-order valence-corrected chi connectivity index (χ2v) is 9.78. The molecular weight excluding hydrogens is 486 g/mol. The molecule has 7 nitrogen and oxygen atoms in total. The molecule has 1 amide bonds. The highest BCUT2D eigenvalue weighted by atomic mass is 35.5. The number of nitrogens with two attached hydrogens (primary N) is 2. The lowest BCUT2D eigenvalue weighted by Gasteiger charge is -2.13. The first-order valence-electron chi connectivity index (χ1n) is 10.4. The Labute approximate surface area is 208 Å². The van der Waals surface area contributed by atoms with Gasteiger partial charge in [-0.25, -0.2) is 13.6 Å². The van der Waals surface area contributed by atoms with Gasteiger partial charge in [0, 0.05) is 33.6 Å². The van der Waals surface area contributed by atoms with Crippen LogP contribution in [0, 0.1) is 0 Å². The van der Waals surface area contributed by atoms with Crippen molar-refractivity contribution in [2.24, 2.45) is 5.14 Å². The van der Waals surface area contributed by atoms with Gasteiger partial charge in [-0.15, -0.1) is 0 Å². The van der Waals surface area contributed by atoms with Crippen LogP contribution in [0.3, 0.4) is 0 Å². The molecule has 35 heavy (non-hydrogen) atoms. The number of nitrogen functional groups attached to an aromatic ring is 1. The molecule has 0 radical (unpaired) electrons. The third-order valence-electron chi connectivity index (χ3n) is 5.36. The van der Waals surface area contributed by atoms with E-state index in [1.54, 1.807) is 73.8 Å². The Bertz CT molecular complexity index is 1520. The molecule has 9 heteroatoms. The SMILES string of the molecule is COc1cccc(NC(=O)c2cc(-c3ccc(S(N)(=O)=O)cc3)cc(-c3ccc(Cl)cc3N)c2)c1. The topological polar surface area (TPSA) is 125 Å². The van der Waals surface area contributed by atoms with Crippen molar-refractivity contribution >= 4 is 38.9 Å². The molecule has 0 aliphatic heterocycles. The van der Waals surface area contributed by atoms with Crippen LogP contribution >= 0.6 is 11.6 Å². The monoisotopic (exact) mass is 507 g/mol. The minimum atomic E-state index is -3.83. The maximum absolute atomic E-state index is 13.2. The molecule has 5 N–H and O–H groups in total. The lowest BCUT2D eigenvalue weighted by atomic mass is 9.95. The van der Waals surface area contributed by atoms with Crippen molar-refractivity contribution in [3.63, 3.8) is 0 Å². The van der Waals surface area contributed by atoms with Gasteiger partial charge < -0.3 is 15.8 Å². The Morgan fingerprint density at radius 2 is 1.60 bits per heavy atom. The van der Waals surface area contributed by atoms with E-state index < -0.39 is 10.0 Å². The third kappa shape index (κ3) is 5.63. The summed E-state index contributed by atoms with van der Waals surface area (Å²) in [5.41, 5.74) is 10.4. The molecule has 0 aliphatic carbocycles. The maximum atomic E-state index is 13.2. The Kier molecular flexibility index (Phi) is 6.79. The number of nitrogens with one attached hydrogen (secondary N) is 1. The van der Waals surface area contributed by atoms with Gasteiger partial charge in [-0.1, -0.05) is 35.9 Å². The van der Waals surface area contributed by atoms with Crippen LogP contribution in [0.5, 0.6) is 5.75 Å². The fraction of sp³-hybridized carbons (Fsp3) is 0.0385. The summed E-state index contributed by atoms with van der Waals surface area (Å²) in [7, 11) is -2.28. The van der Waals surface area contributed by atoms with Crippen molar-refractivity contribution in [1.29, 1.82) is 0 Å². The summed E-state index contributed by atoms with van der Waals surface area (Å²) in [6.07, 6.45) is 0. The number of hydrogen-bond donors (Lipinski definition) is 3. The standard InChI is InChI=1S/C26H22ClN3O4S/c1-34-22-4-2-3-21(15-22)30-26(31)19-12-17(16-5-8-23(9-6-16)35(29,32)33)11-18(13-19)24-10-7-20(27)14-25(24)28/h2-15H,28H2,1H3,(H,30,31)(H2,29,32,33). The van der Waals surface area contributed by atoms with Crippen LogP contribution in [0.4, 0.5) is 11.4 Å². The number of benzene rings is 4. The molecule has 0 bridgehead atoms. The van der Waals surface area contributed by atoms with Crippen LogP contribution in [0.2, 0.25) is 5.02 Å². The van der Waals surface area contributed by atoms with E-state index in [1.165, 1.54) is 12.1 Å². The van der Waals surface area contributed by atoms with Crippen LogP contribution in [-0.2, 0) is 10.0 Å². The van der Waals surface area contributed by atoms with Crippen molar-refractivity contribution < 1.29 is 17.9 Å². The number of ether oxygens (including phenoxy) is 1.